The van der Waals surface area contributed by atoms with E-state index in [1.54, 1.807) is 7.05 Å². The number of alkyl halides is 3. The second-order valence-corrected chi connectivity index (χ2v) is 3.14. The van der Waals surface area contributed by atoms with Crippen LogP contribution in [-0.4, -0.2) is 23.8 Å². The maximum absolute atomic E-state index is 12.4. The molecule has 1 rings (SSSR count). The summed E-state index contributed by atoms with van der Waals surface area (Å²) in [6.07, 6.45) is -3.91. The van der Waals surface area contributed by atoms with Crippen LogP contribution in [-0.2, 0) is 12.6 Å². The Morgan fingerprint density at radius 2 is 2.00 bits per heavy atom. The quantitative estimate of drug-likeness (QED) is 0.663. The van der Waals surface area contributed by atoms with Gasteiger partial charge in [0.05, 0.1) is 0 Å². The number of H-pyrrole nitrogens is 2. The Balaban J connectivity index is 2.85. The molecule has 0 fully saturated rings. The van der Waals surface area contributed by atoms with Crippen molar-refractivity contribution in [2.75, 3.05) is 13.6 Å². The minimum absolute atomic E-state index is 0.106. The van der Waals surface area contributed by atoms with Gasteiger partial charge in [0.15, 0.2) is 0 Å². The molecule has 7 heteroatoms. The van der Waals surface area contributed by atoms with Gasteiger partial charge in [-0.15, -0.1) is 0 Å². The molecule has 0 saturated heterocycles. The minimum Gasteiger partial charge on any atom is -0.320 e. The molecule has 0 aromatic carbocycles. The highest BCUT2D eigenvalue weighted by Crippen LogP contribution is 2.29. The number of rotatable bonds is 4. The number of aromatic amines is 2. The highest BCUT2D eigenvalue weighted by atomic mass is 19.4. The Bertz CT molecular complexity index is 366. The summed E-state index contributed by atoms with van der Waals surface area (Å²) >= 11 is 0. The van der Waals surface area contributed by atoms with E-state index in [9.17, 15) is 18.0 Å². The molecule has 4 nitrogen and oxygen atoms in total. The van der Waals surface area contributed by atoms with Gasteiger partial charge in [0, 0.05) is 5.56 Å². The number of hydrogen-bond donors (Lipinski definition) is 3. The van der Waals surface area contributed by atoms with E-state index in [0.717, 1.165) is 0 Å². The molecule has 0 bridgehead atoms. The van der Waals surface area contributed by atoms with Gasteiger partial charge >= 0.3 is 6.18 Å². The molecule has 3 N–H and O–H groups in total. The lowest BCUT2D eigenvalue weighted by Gasteiger charge is -2.05. The van der Waals surface area contributed by atoms with Crippen LogP contribution in [0.5, 0.6) is 0 Å². The minimum atomic E-state index is -4.51. The lowest BCUT2D eigenvalue weighted by Crippen LogP contribution is -2.15. The van der Waals surface area contributed by atoms with Gasteiger partial charge in [-0.2, -0.15) is 13.2 Å². The molecule has 15 heavy (non-hydrogen) atoms. The molecule has 0 spiro atoms. The summed E-state index contributed by atoms with van der Waals surface area (Å²) in [7, 11) is 1.70. The summed E-state index contributed by atoms with van der Waals surface area (Å²) in [5, 5.41) is 6.61. The van der Waals surface area contributed by atoms with Gasteiger partial charge in [-0.05, 0) is 26.4 Å². The molecule has 86 valence electrons. The van der Waals surface area contributed by atoms with Crippen LogP contribution in [0.15, 0.2) is 4.79 Å². The Hall–Kier alpha value is -1.24. The third kappa shape index (κ3) is 2.85. The topological polar surface area (TPSA) is 60.7 Å². The van der Waals surface area contributed by atoms with E-state index in [4.69, 9.17) is 0 Å². The van der Waals surface area contributed by atoms with E-state index < -0.39 is 17.4 Å². The summed E-state index contributed by atoms with van der Waals surface area (Å²) in [4.78, 5) is 11.1. The normalized spacial score (nSPS) is 12.0. The van der Waals surface area contributed by atoms with Crippen molar-refractivity contribution in [1.29, 1.82) is 0 Å². The lowest BCUT2D eigenvalue weighted by atomic mass is 10.1. The first-order valence-corrected chi connectivity index (χ1v) is 4.48. The van der Waals surface area contributed by atoms with Gasteiger partial charge in [-0.3, -0.25) is 15.0 Å². The number of halogens is 3. The van der Waals surface area contributed by atoms with Crippen molar-refractivity contribution in [2.45, 2.75) is 19.0 Å². The van der Waals surface area contributed by atoms with Crippen LogP contribution in [0.4, 0.5) is 13.2 Å². The number of aromatic nitrogens is 2. The summed E-state index contributed by atoms with van der Waals surface area (Å²) in [5.41, 5.74) is -1.89. The van der Waals surface area contributed by atoms with Crippen LogP contribution in [0.2, 0.25) is 0 Å². The van der Waals surface area contributed by atoms with Crippen LogP contribution in [0, 0.1) is 0 Å². The maximum atomic E-state index is 12.4. The predicted octanol–water partition coefficient (Wildman–Crippen LogP) is 0.874. The van der Waals surface area contributed by atoms with Crippen molar-refractivity contribution in [2.24, 2.45) is 0 Å². The Kier molecular flexibility index (Phi) is 3.57. The van der Waals surface area contributed by atoms with Crippen molar-refractivity contribution in [3.63, 3.8) is 0 Å². The molecular formula is C8H12F3N3O. The van der Waals surface area contributed by atoms with Crippen LogP contribution >= 0.6 is 0 Å². The average molecular weight is 223 g/mol. The van der Waals surface area contributed by atoms with Gasteiger partial charge < -0.3 is 5.32 Å². The summed E-state index contributed by atoms with van der Waals surface area (Å²) in [5.74, 6) is 0. The molecule has 1 heterocycles. The Morgan fingerprint density at radius 3 is 2.53 bits per heavy atom. The SMILES string of the molecule is CNCCCc1c(C(F)(F)F)[nH][nH]c1=O. The first-order chi connectivity index (χ1) is 6.96. The van der Waals surface area contributed by atoms with Crippen molar-refractivity contribution in [3.8, 4) is 0 Å². The second kappa shape index (κ2) is 4.52. The molecule has 0 aliphatic rings. The lowest BCUT2D eigenvalue weighted by molar-refractivity contribution is -0.141. The molecule has 0 radical (unpaired) electrons. The zero-order chi connectivity index (χ0) is 11.5. The first kappa shape index (κ1) is 11.8. The highest BCUT2D eigenvalue weighted by molar-refractivity contribution is 5.19. The van der Waals surface area contributed by atoms with E-state index >= 15 is 0 Å². The van der Waals surface area contributed by atoms with Crippen LogP contribution < -0.4 is 10.9 Å². The van der Waals surface area contributed by atoms with Gasteiger partial charge in [0.2, 0.25) is 0 Å². The Labute approximate surface area is 83.9 Å². The van der Waals surface area contributed by atoms with Crippen molar-refractivity contribution in [1.82, 2.24) is 15.5 Å². The first-order valence-electron chi connectivity index (χ1n) is 4.48. The van der Waals surface area contributed by atoms with Crippen LogP contribution in [0.1, 0.15) is 17.7 Å². The fourth-order valence-corrected chi connectivity index (χ4v) is 1.31. The Morgan fingerprint density at radius 1 is 1.33 bits per heavy atom. The van der Waals surface area contributed by atoms with E-state index in [1.165, 1.54) is 0 Å². The monoisotopic (exact) mass is 223 g/mol. The standard InChI is InChI=1S/C8H12F3N3O/c1-12-4-2-3-5-6(8(9,10)11)13-14-7(5)15/h12H,2-4H2,1H3,(H2,13,14,15). The van der Waals surface area contributed by atoms with Crippen molar-refractivity contribution < 1.29 is 13.2 Å². The molecule has 1 aromatic rings. The molecular weight excluding hydrogens is 211 g/mol. The predicted molar refractivity (Wildman–Crippen MR) is 48.7 cm³/mol. The maximum Gasteiger partial charge on any atom is 0.433 e. The third-order valence-corrected chi connectivity index (χ3v) is 2.01. The van der Waals surface area contributed by atoms with Gasteiger partial charge in [0.1, 0.15) is 5.69 Å². The summed E-state index contributed by atoms with van der Waals surface area (Å²) < 4.78 is 37.1. The van der Waals surface area contributed by atoms with Crippen molar-refractivity contribution in [3.05, 3.63) is 21.6 Å². The fourth-order valence-electron chi connectivity index (χ4n) is 1.31. The average Bonchev–Trinajstić information content (AvgIpc) is 2.48. The van der Waals surface area contributed by atoms with Gasteiger partial charge in [-0.25, -0.2) is 0 Å². The van der Waals surface area contributed by atoms with Gasteiger partial charge in [0.25, 0.3) is 5.56 Å². The smallest absolute Gasteiger partial charge is 0.320 e. The van der Waals surface area contributed by atoms with E-state index in [0.29, 0.717) is 13.0 Å². The van der Waals surface area contributed by atoms with Gasteiger partial charge in [-0.1, -0.05) is 0 Å². The molecule has 0 amide bonds. The molecule has 0 unspecified atom stereocenters. The number of hydrogen-bond acceptors (Lipinski definition) is 2. The molecule has 1 aromatic heterocycles. The van der Waals surface area contributed by atoms with Crippen molar-refractivity contribution >= 4 is 0 Å². The fraction of sp³-hybridized carbons (Fsp3) is 0.625. The summed E-state index contributed by atoms with van der Waals surface area (Å²) in [6, 6.07) is 0. The molecule has 0 aliphatic heterocycles. The zero-order valence-electron chi connectivity index (χ0n) is 8.16. The molecule has 0 saturated carbocycles. The highest BCUT2D eigenvalue weighted by Gasteiger charge is 2.36. The van der Waals surface area contributed by atoms with E-state index in [1.807, 2.05) is 10.2 Å². The number of nitrogens with one attached hydrogen (secondary N) is 3. The van der Waals surface area contributed by atoms with E-state index in [-0.39, 0.29) is 12.0 Å². The molecule has 0 atom stereocenters. The van der Waals surface area contributed by atoms with E-state index in [2.05, 4.69) is 5.32 Å². The van der Waals surface area contributed by atoms with Crippen LogP contribution in [0.3, 0.4) is 0 Å². The van der Waals surface area contributed by atoms with Crippen LogP contribution in [0.25, 0.3) is 0 Å². The summed E-state index contributed by atoms with van der Waals surface area (Å²) in [6.45, 7) is 0.571. The largest absolute Gasteiger partial charge is 0.433 e. The zero-order valence-corrected chi connectivity index (χ0v) is 8.16. The third-order valence-electron chi connectivity index (χ3n) is 2.01. The molecule has 0 aliphatic carbocycles. The second-order valence-electron chi connectivity index (χ2n) is 3.14.